The van der Waals surface area contributed by atoms with Gasteiger partial charge in [0.25, 0.3) is 5.91 Å². The average molecular weight is 314 g/mol. The Kier molecular flexibility index (Phi) is 3.90. The van der Waals surface area contributed by atoms with Crippen LogP contribution in [0.25, 0.3) is 11.0 Å². The van der Waals surface area contributed by atoms with E-state index in [0.29, 0.717) is 31.5 Å². The van der Waals surface area contributed by atoms with Crippen molar-refractivity contribution in [3.63, 3.8) is 0 Å². The monoisotopic (exact) mass is 314 g/mol. The minimum absolute atomic E-state index is 0.0284. The molecular formula is C17H18N2O4. The minimum Gasteiger partial charge on any atom is -0.422 e. The molecule has 120 valence electrons. The van der Waals surface area contributed by atoms with Crippen molar-refractivity contribution in [2.45, 2.75) is 19.8 Å². The van der Waals surface area contributed by atoms with Crippen molar-refractivity contribution in [2.24, 2.45) is 11.7 Å². The molecule has 0 atom stereocenters. The third-order valence-corrected chi connectivity index (χ3v) is 4.30. The van der Waals surface area contributed by atoms with Gasteiger partial charge >= 0.3 is 5.63 Å². The summed E-state index contributed by atoms with van der Waals surface area (Å²) in [5.74, 6) is -0.891. The largest absolute Gasteiger partial charge is 0.422 e. The van der Waals surface area contributed by atoms with E-state index in [1.165, 1.54) is 0 Å². The van der Waals surface area contributed by atoms with Gasteiger partial charge in [-0.05, 0) is 38.0 Å². The van der Waals surface area contributed by atoms with Crippen molar-refractivity contribution in [3.8, 4) is 0 Å². The van der Waals surface area contributed by atoms with Gasteiger partial charge in [0, 0.05) is 24.4 Å². The average Bonchev–Trinajstić information content (AvgIpc) is 2.54. The van der Waals surface area contributed by atoms with Gasteiger partial charge in [0.1, 0.15) is 11.1 Å². The van der Waals surface area contributed by atoms with E-state index in [4.69, 9.17) is 10.2 Å². The molecule has 0 bridgehead atoms. The maximum Gasteiger partial charge on any atom is 0.349 e. The second-order valence-corrected chi connectivity index (χ2v) is 5.96. The number of amides is 2. The Morgan fingerprint density at radius 2 is 1.91 bits per heavy atom. The third-order valence-electron chi connectivity index (χ3n) is 4.30. The minimum atomic E-state index is -0.636. The molecule has 2 aromatic rings. The number of primary amides is 1. The number of carbonyl (C=O) groups is 2. The van der Waals surface area contributed by atoms with E-state index in [-0.39, 0.29) is 23.3 Å². The van der Waals surface area contributed by atoms with Crippen molar-refractivity contribution >= 4 is 22.8 Å². The van der Waals surface area contributed by atoms with E-state index in [9.17, 15) is 14.4 Å². The molecule has 6 heteroatoms. The van der Waals surface area contributed by atoms with Gasteiger partial charge < -0.3 is 15.1 Å². The summed E-state index contributed by atoms with van der Waals surface area (Å²) in [7, 11) is 0. The van der Waals surface area contributed by atoms with Crippen molar-refractivity contribution in [3.05, 3.63) is 45.8 Å². The Hall–Kier alpha value is -2.63. The Morgan fingerprint density at radius 1 is 1.22 bits per heavy atom. The van der Waals surface area contributed by atoms with Gasteiger partial charge in [0.15, 0.2) is 0 Å². The van der Waals surface area contributed by atoms with Crippen molar-refractivity contribution in [1.82, 2.24) is 4.90 Å². The zero-order chi connectivity index (χ0) is 16.6. The summed E-state index contributed by atoms with van der Waals surface area (Å²) in [4.78, 5) is 37.4. The predicted molar refractivity (Wildman–Crippen MR) is 85.0 cm³/mol. The molecule has 1 aromatic heterocycles. The summed E-state index contributed by atoms with van der Waals surface area (Å²) < 4.78 is 5.24. The molecule has 0 aliphatic carbocycles. The van der Waals surface area contributed by atoms with E-state index in [2.05, 4.69) is 0 Å². The van der Waals surface area contributed by atoms with Crippen LogP contribution in [0.3, 0.4) is 0 Å². The number of rotatable bonds is 2. The number of piperidine rings is 1. The molecule has 1 saturated heterocycles. The first kappa shape index (κ1) is 15.3. The van der Waals surface area contributed by atoms with Crippen LogP contribution >= 0.6 is 0 Å². The zero-order valence-corrected chi connectivity index (χ0v) is 12.9. The first-order chi connectivity index (χ1) is 11.0. The second-order valence-electron chi connectivity index (χ2n) is 5.96. The van der Waals surface area contributed by atoms with Gasteiger partial charge in [-0.1, -0.05) is 11.6 Å². The Morgan fingerprint density at radius 3 is 2.57 bits per heavy atom. The van der Waals surface area contributed by atoms with Crippen molar-refractivity contribution < 1.29 is 14.0 Å². The van der Waals surface area contributed by atoms with E-state index >= 15 is 0 Å². The number of aryl methyl sites for hydroxylation is 1. The Balaban J connectivity index is 1.88. The lowest BCUT2D eigenvalue weighted by atomic mass is 9.96. The van der Waals surface area contributed by atoms with Gasteiger partial charge in [-0.15, -0.1) is 0 Å². The highest BCUT2D eigenvalue weighted by molar-refractivity contribution is 5.96. The number of nitrogens with zero attached hydrogens (tertiary/aromatic N) is 1. The molecular weight excluding hydrogens is 296 g/mol. The molecule has 0 unspecified atom stereocenters. The highest BCUT2D eigenvalue weighted by Crippen LogP contribution is 2.20. The van der Waals surface area contributed by atoms with Gasteiger partial charge in [-0.3, -0.25) is 9.59 Å². The molecule has 1 aromatic carbocycles. The lowest BCUT2D eigenvalue weighted by Gasteiger charge is -2.30. The quantitative estimate of drug-likeness (QED) is 0.849. The molecule has 3 rings (SSSR count). The van der Waals surface area contributed by atoms with Crippen LogP contribution in [0.2, 0.25) is 0 Å². The van der Waals surface area contributed by atoms with Crippen LogP contribution in [0, 0.1) is 12.8 Å². The summed E-state index contributed by atoms with van der Waals surface area (Å²) in [6.45, 7) is 2.76. The highest BCUT2D eigenvalue weighted by atomic mass is 16.4. The maximum atomic E-state index is 12.6. The normalized spacial score (nSPS) is 15.8. The summed E-state index contributed by atoms with van der Waals surface area (Å²) in [5.41, 5.74) is 6.17. The second kappa shape index (κ2) is 5.87. The lowest BCUT2D eigenvalue weighted by molar-refractivity contribution is -0.123. The van der Waals surface area contributed by atoms with Crippen molar-refractivity contribution in [2.75, 3.05) is 13.1 Å². The van der Waals surface area contributed by atoms with E-state index in [1.54, 1.807) is 17.0 Å². The number of carbonyl (C=O) groups excluding carboxylic acids is 2. The van der Waals surface area contributed by atoms with Crippen LogP contribution in [0.1, 0.15) is 28.8 Å². The SMILES string of the molecule is Cc1ccc2oc(=O)c(C(=O)N3CCC(C(N)=O)CC3)cc2c1. The lowest BCUT2D eigenvalue weighted by Crippen LogP contribution is -2.42. The predicted octanol–water partition coefficient (Wildman–Crippen LogP) is 1.44. The number of hydrogen-bond donors (Lipinski definition) is 1. The molecule has 2 heterocycles. The molecule has 0 spiro atoms. The molecule has 23 heavy (non-hydrogen) atoms. The van der Waals surface area contributed by atoms with Crippen molar-refractivity contribution in [1.29, 1.82) is 0 Å². The third kappa shape index (κ3) is 2.97. The van der Waals surface area contributed by atoms with Crippen LogP contribution < -0.4 is 11.4 Å². The highest BCUT2D eigenvalue weighted by Gasteiger charge is 2.28. The van der Waals surface area contributed by atoms with E-state index < -0.39 is 5.63 Å². The number of nitrogens with two attached hydrogens (primary N) is 1. The van der Waals surface area contributed by atoms with Gasteiger partial charge in [0.2, 0.25) is 5.91 Å². The summed E-state index contributed by atoms with van der Waals surface area (Å²) in [6, 6.07) is 7.02. The molecule has 1 aliphatic rings. The van der Waals surface area contributed by atoms with Crippen LogP contribution in [-0.2, 0) is 4.79 Å². The number of benzene rings is 1. The fourth-order valence-corrected chi connectivity index (χ4v) is 2.93. The molecule has 2 amide bonds. The molecule has 0 saturated carbocycles. The van der Waals surface area contributed by atoms with Crippen LogP contribution in [0.5, 0.6) is 0 Å². The standard InChI is InChI=1S/C17H18N2O4/c1-10-2-3-14-12(8-10)9-13(17(22)23-14)16(21)19-6-4-11(5-7-19)15(18)20/h2-3,8-9,11H,4-7H2,1H3,(H2,18,20). The van der Waals surface area contributed by atoms with Crippen LogP contribution in [0.15, 0.2) is 33.5 Å². The maximum absolute atomic E-state index is 12.6. The van der Waals surface area contributed by atoms with Gasteiger partial charge in [0.05, 0.1) is 0 Å². The Bertz CT molecular complexity index is 832. The molecule has 1 fully saturated rings. The number of fused-ring (bicyclic) bond motifs is 1. The summed E-state index contributed by atoms with van der Waals surface area (Å²) in [6.07, 6.45) is 1.05. The summed E-state index contributed by atoms with van der Waals surface area (Å²) in [5, 5.41) is 0.722. The van der Waals surface area contributed by atoms with E-state index in [0.717, 1.165) is 10.9 Å². The molecule has 2 N–H and O–H groups in total. The van der Waals surface area contributed by atoms with Gasteiger partial charge in [-0.2, -0.15) is 0 Å². The first-order valence-corrected chi connectivity index (χ1v) is 7.59. The first-order valence-electron chi connectivity index (χ1n) is 7.59. The molecule has 1 aliphatic heterocycles. The van der Waals surface area contributed by atoms with Gasteiger partial charge in [-0.25, -0.2) is 4.79 Å². The van der Waals surface area contributed by atoms with Crippen LogP contribution in [0.4, 0.5) is 0 Å². The fraction of sp³-hybridized carbons (Fsp3) is 0.353. The fourth-order valence-electron chi connectivity index (χ4n) is 2.93. The topological polar surface area (TPSA) is 93.6 Å². The number of likely N-dealkylation sites (tertiary alicyclic amines) is 1. The summed E-state index contributed by atoms with van der Waals surface area (Å²) >= 11 is 0. The number of hydrogen-bond acceptors (Lipinski definition) is 4. The molecule has 0 radical (unpaired) electrons. The molecule has 6 nitrogen and oxygen atoms in total. The van der Waals surface area contributed by atoms with Crippen LogP contribution in [-0.4, -0.2) is 29.8 Å². The zero-order valence-electron chi connectivity index (χ0n) is 12.9. The smallest absolute Gasteiger partial charge is 0.349 e. The van der Waals surface area contributed by atoms with E-state index in [1.807, 2.05) is 19.1 Å². The Labute approximate surface area is 132 Å².